The molecule has 0 aliphatic heterocycles. The maximum Gasteiger partial charge on any atom is -0.0166 e. The van der Waals surface area contributed by atoms with Crippen molar-refractivity contribution in [1.29, 1.82) is 0 Å². The fraction of sp³-hybridized carbons (Fsp3) is 0.800. The predicted molar refractivity (Wildman–Crippen MR) is 117 cm³/mol. The fourth-order valence-corrected chi connectivity index (χ4v) is 3.62. The van der Waals surface area contributed by atoms with E-state index in [0.29, 0.717) is 0 Å². The van der Waals surface area contributed by atoms with Gasteiger partial charge in [-0.1, -0.05) is 122 Å². The lowest BCUT2D eigenvalue weighted by atomic mass is 9.94. The van der Waals surface area contributed by atoms with Gasteiger partial charge >= 0.3 is 0 Å². The summed E-state index contributed by atoms with van der Waals surface area (Å²) in [7, 11) is 0. The summed E-state index contributed by atoms with van der Waals surface area (Å²) in [5.41, 5.74) is 0. The summed E-state index contributed by atoms with van der Waals surface area (Å²) in [6.07, 6.45) is 30.6. The molecule has 0 nitrogen and oxygen atoms in total. The first kappa shape index (κ1) is 24.5. The van der Waals surface area contributed by atoms with Crippen LogP contribution in [0, 0.1) is 5.92 Å². The molecule has 0 aliphatic rings. The van der Waals surface area contributed by atoms with Gasteiger partial charge in [0.05, 0.1) is 0 Å². The van der Waals surface area contributed by atoms with Gasteiger partial charge in [-0.3, -0.25) is 0 Å². The van der Waals surface area contributed by atoms with E-state index >= 15 is 0 Å². The Kier molecular flexibility index (Phi) is 21.1. The zero-order valence-electron chi connectivity index (χ0n) is 17.5. The highest BCUT2D eigenvalue weighted by atomic mass is 14.1. The summed E-state index contributed by atoms with van der Waals surface area (Å²) in [4.78, 5) is 0. The molecular weight excluding hydrogens is 300 g/mol. The van der Waals surface area contributed by atoms with Crippen molar-refractivity contribution in [3.05, 3.63) is 31.2 Å². The number of rotatable bonds is 21. The van der Waals surface area contributed by atoms with Crippen molar-refractivity contribution in [2.75, 3.05) is 0 Å². The van der Waals surface area contributed by atoms with Gasteiger partial charge in [-0.25, -0.2) is 0 Å². The quantitative estimate of drug-likeness (QED) is 0.143. The van der Waals surface area contributed by atoms with Crippen molar-refractivity contribution in [1.82, 2.24) is 0 Å². The van der Waals surface area contributed by atoms with Crippen LogP contribution in [0.3, 0.4) is 0 Å². The van der Waals surface area contributed by atoms with Gasteiger partial charge in [-0.15, -0.1) is 13.2 Å². The van der Waals surface area contributed by atoms with Crippen LogP contribution in [-0.2, 0) is 0 Å². The number of allylic oxidation sites excluding steroid dienone is 2. The van der Waals surface area contributed by atoms with E-state index in [-0.39, 0.29) is 0 Å². The Hall–Kier alpha value is -0.520. The summed E-state index contributed by atoms with van der Waals surface area (Å²) < 4.78 is 0. The number of hydrogen-bond donors (Lipinski definition) is 0. The van der Waals surface area contributed by atoms with Crippen LogP contribution < -0.4 is 0 Å². The van der Waals surface area contributed by atoms with Crippen LogP contribution >= 0.6 is 0 Å². The van der Waals surface area contributed by atoms with Crippen molar-refractivity contribution in [3.63, 3.8) is 0 Å². The third-order valence-corrected chi connectivity index (χ3v) is 5.25. The minimum atomic E-state index is 1.07. The van der Waals surface area contributed by atoms with Crippen LogP contribution in [0.4, 0.5) is 0 Å². The van der Waals surface area contributed by atoms with Gasteiger partial charge in [0.1, 0.15) is 0 Å². The third-order valence-electron chi connectivity index (χ3n) is 5.25. The lowest BCUT2D eigenvalue weighted by Gasteiger charge is -2.11. The largest absolute Gasteiger partial charge is 0.103 e. The summed E-state index contributed by atoms with van der Waals surface area (Å²) in [5, 5.41) is 0. The van der Waals surface area contributed by atoms with Gasteiger partial charge in [0, 0.05) is 0 Å². The molecule has 0 spiro atoms. The zero-order chi connectivity index (χ0) is 18.4. The molecule has 0 heteroatoms. The molecule has 0 aliphatic carbocycles. The Balaban J connectivity index is 3.16. The Morgan fingerprint density at radius 1 is 0.520 bits per heavy atom. The van der Waals surface area contributed by atoms with Gasteiger partial charge in [0.25, 0.3) is 0 Å². The number of unbranched alkanes of at least 4 members (excludes halogenated alkanes) is 15. The Bertz CT molecular complexity index is 255. The molecule has 0 fully saturated rings. The molecule has 0 amide bonds. The first-order chi connectivity index (χ1) is 12.3. The molecule has 0 aromatic carbocycles. The standard InChI is InChI=1S/C25H47/c1-4-7-8-9-10-11-12-13-14-15-16-17-18-19-20-21-24-25(22-5-2)23-6-3/h5-6H,2-4,7-24H2,1H3. The van der Waals surface area contributed by atoms with Crippen LogP contribution in [0.2, 0.25) is 0 Å². The molecule has 0 saturated heterocycles. The van der Waals surface area contributed by atoms with E-state index < -0.39 is 0 Å². The molecule has 1 radical (unpaired) electrons. The fourth-order valence-electron chi connectivity index (χ4n) is 3.62. The van der Waals surface area contributed by atoms with Crippen LogP contribution in [0.15, 0.2) is 25.3 Å². The molecule has 0 aromatic rings. The molecule has 147 valence electrons. The zero-order valence-corrected chi connectivity index (χ0v) is 17.5. The van der Waals surface area contributed by atoms with Crippen LogP contribution in [0.5, 0.6) is 0 Å². The van der Waals surface area contributed by atoms with Gasteiger partial charge in [0.15, 0.2) is 0 Å². The minimum absolute atomic E-state index is 1.07. The van der Waals surface area contributed by atoms with Crippen LogP contribution in [0.25, 0.3) is 0 Å². The van der Waals surface area contributed by atoms with Crippen molar-refractivity contribution >= 4 is 0 Å². The second-order valence-corrected chi connectivity index (χ2v) is 7.79. The Labute approximate surface area is 160 Å². The minimum Gasteiger partial charge on any atom is -0.103 e. The smallest absolute Gasteiger partial charge is 0.0166 e. The molecule has 0 aromatic heterocycles. The maximum atomic E-state index is 3.85. The van der Waals surface area contributed by atoms with Crippen LogP contribution in [0.1, 0.15) is 129 Å². The Morgan fingerprint density at radius 2 is 0.840 bits per heavy atom. The summed E-state index contributed by atoms with van der Waals surface area (Å²) in [6, 6.07) is 0. The lowest BCUT2D eigenvalue weighted by Crippen LogP contribution is -1.95. The molecule has 0 atom stereocenters. The maximum absolute atomic E-state index is 3.85. The molecule has 0 N–H and O–H groups in total. The topological polar surface area (TPSA) is 0 Å². The molecule has 0 saturated carbocycles. The average molecular weight is 348 g/mol. The third kappa shape index (κ3) is 19.7. The molecule has 0 unspecified atom stereocenters. The summed E-state index contributed by atoms with van der Waals surface area (Å²) in [5.74, 6) is 1.61. The van der Waals surface area contributed by atoms with Crippen molar-refractivity contribution < 1.29 is 0 Å². The molecular formula is C25H47. The average Bonchev–Trinajstić information content (AvgIpc) is 2.61. The van der Waals surface area contributed by atoms with E-state index in [9.17, 15) is 0 Å². The van der Waals surface area contributed by atoms with Crippen molar-refractivity contribution in [2.24, 2.45) is 0 Å². The van der Waals surface area contributed by atoms with Gasteiger partial charge < -0.3 is 0 Å². The molecule has 0 rings (SSSR count). The highest BCUT2D eigenvalue weighted by Gasteiger charge is 2.04. The predicted octanol–water partition coefficient (Wildman–Crippen LogP) is 9.36. The van der Waals surface area contributed by atoms with E-state index in [0.717, 1.165) is 12.8 Å². The highest BCUT2D eigenvalue weighted by molar-refractivity contribution is 5.00. The molecule has 0 heterocycles. The van der Waals surface area contributed by atoms with Crippen molar-refractivity contribution in [3.8, 4) is 0 Å². The van der Waals surface area contributed by atoms with Gasteiger partial charge in [0.2, 0.25) is 0 Å². The van der Waals surface area contributed by atoms with E-state index in [4.69, 9.17) is 0 Å². The van der Waals surface area contributed by atoms with Crippen molar-refractivity contribution in [2.45, 2.75) is 129 Å². The summed E-state index contributed by atoms with van der Waals surface area (Å²) >= 11 is 0. The van der Waals surface area contributed by atoms with Crippen LogP contribution in [-0.4, -0.2) is 0 Å². The second kappa shape index (κ2) is 21.5. The first-order valence-corrected chi connectivity index (χ1v) is 11.4. The van der Waals surface area contributed by atoms with Gasteiger partial charge in [-0.05, 0) is 25.2 Å². The normalized spacial score (nSPS) is 11.1. The summed E-state index contributed by atoms with van der Waals surface area (Å²) in [6.45, 7) is 10.00. The molecule has 25 heavy (non-hydrogen) atoms. The highest BCUT2D eigenvalue weighted by Crippen LogP contribution is 2.21. The second-order valence-electron chi connectivity index (χ2n) is 7.79. The van der Waals surface area contributed by atoms with E-state index in [1.165, 1.54) is 109 Å². The van der Waals surface area contributed by atoms with Gasteiger partial charge in [-0.2, -0.15) is 0 Å². The van der Waals surface area contributed by atoms with E-state index in [1.807, 2.05) is 12.2 Å². The monoisotopic (exact) mass is 347 g/mol. The lowest BCUT2D eigenvalue weighted by molar-refractivity contribution is 0.526. The van der Waals surface area contributed by atoms with E-state index in [1.54, 1.807) is 5.92 Å². The SMILES string of the molecule is C=CC[C](CC=C)CCCCCCCCCCCCCCCCCC. The number of hydrogen-bond acceptors (Lipinski definition) is 0. The Morgan fingerprint density at radius 3 is 1.16 bits per heavy atom. The van der Waals surface area contributed by atoms with E-state index in [2.05, 4.69) is 20.1 Å². The molecule has 0 bridgehead atoms. The first-order valence-electron chi connectivity index (χ1n) is 11.4.